The zero-order valence-corrected chi connectivity index (χ0v) is 11.9. The van der Waals surface area contributed by atoms with Gasteiger partial charge in [-0.1, -0.05) is 5.16 Å². The van der Waals surface area contributed by atoms with E-state index in [1.54, 1.807) is 7.11 Å². The number of hydrogen-bond acceptors (Lipinski definition) is 5. The van der Waals surface area contributed by atoms with Crippen LogP contribution in [0, 0.1) is 0 Å². The lowest BCUT2D eigenvalue weighted by atomic mass is 9.97. The molecule has 5 heteroatoms. The summed E-state index contributed by atoms with van der Waals surface area (Å²) in [5.74, 6) is 2.00. The van der Waals surface area contributed by atoms with Gasteiger partial charge in [0.05, 0.1) is 0 Å². The summed E-state index contributed by atoms with van der Waals surface area (Å²) in [6.07, 6.45) is 6.61. The molecule has 1 aliphatic heterocycles. The van der Waals surface area contributed by atoms with Gasteiger partial charge in [0.25, 0.3) is 0 Å². The smallest absolute Gasteiger partial charge is 0.229 e. The van der Waals surface area contributed by atoms with E-state index in [4.69, 9.17) is 9.26 Å². The molecule has 0 atom stereocenters. The Bertz CT molecular complexity index is 418. The van der Waals surface area contributed by atoms with Gasteiger partial charge in [0.1, 0.15) is 5.60 Å². The van der Waals surface area contributed by atoms with Crippen molar-refractivity contribution in [2.75, 3.05) is 27.2 Å². The van der Waals surface area contributed by atoms with Crippen molar-refractivity contribution in [1.29, 1.82) is 0 Å². The first-order valence-electron chi connectivity index (χ1n) is 7.31. The van der Waals surface area contributed by atoms with Crippen LogP contribution in [-0.4, -0.2) is 42.3 Å². The average molecular weight is 265 g/mol. The molecule has 0 N–H and O–H groups in total. The standard InChI is InChI=1S/C14H23N3O2/c1-17-9-5-11(6-10-17)12-15-13(16-19-12)14(18-2)7-3-4-8-14/h11H,3-10H2,1-2H3. The molecule has 2 heterocycles. The molecule has 1 aromatic heterocycles. The molecule has 0 unspecified atom stereocenters. The molecule has 19 heavy (non-hydrogen) atoms. The van der Waals surface area contributed by atoms with Crippen molar-refractivity contribution >= 4 is 0 Å². The minimum absolute atomic E-state index is 0.285. The molecule has 1 aliphatic carbocycles. The Labute approximate surface area is 114 Å². The van der Waals surface area contributed by atoms with E-state index in [0.29, 0.717) is 5.92 Å². The Kier molecular flexibility index (Phi) is 3.58. The molecular weight excluding hydrogens is 242 g/mol. The van der Waals surface area contributed by atoms with E-state index in [-0.39, 0.29) is 5.60 Å². The van der Waals surface area contributed by atoms with Gasteiger partial charge < -0.3 is 14.2 Å². The van der Waals surface area contributed by atoms with E-state index in [1.165, 1.54) is 12.8 Å². The lowest BCUT2D eigenvalue weighted by Gasteiger charge is -2.26. The van der Waals surface area contributed by atoms with E-state index < -0.39 is 0 Å². The van der Waals surface area contributed by atoms with Gasteiger partial charge in [-0.15, -0.1) is 0 Å². The highest BCUT2D eigenvalue weighted by molar-refractivity contribution is 5.06. The van der Waals surface area contributed by atoms with Crippen molar-refractivity contribution in [3.63, 3.8) is 0 Å². The maximum atomic E-state index is 5.71. The summed E-state index contributed by atoms with van der Waals surface area (Å²) >= 11 is 0. The molecular formula is C14H23N3O2. The molecule has 0 aromatic carbocycles. The molecule has 106 valence electrons. The van der Waals surface area contributed by atoms with Crippen LogP contribution in [0.25, 0.3) is 0 Å². The van der Waals surface area contributed by atoms with Crippen molar-refractivity contribution in [1.82, 2.24) is 15.0 Å². The van der Waals surface area contributed by atoms with E-state index in [0.717, 1.165) is 50.5 Å². The zero-order chi connectivity index (χ0) is 13.3. The van der Waals surface area contributed by atoms with Crippen LogP contribution in [-0.2, 0) is 10.3 Å². The van der Waals surface area contributed by atoms with Gasteiger partial charge in [-0.05, 0) is 58.7 Å². The quantitative estimate of drug-likeness (QED) is 0.839. The average Bonchev–Trinajstić information content (AvgIpc) is 3.09. The second kappa shape index (κ2) is 5.21. The van der Waals surface area contributed by atoms with Crippen LogP contribution in [0.2, 0.25) is 0 Å². The molecule has 0 amide bonds. The largest absolute Gasteiger partial charge is 0.370 e. The molecule has 1 saturated carbocycles. The number of aromatic nitrogens is 2. The SMILES string of the molecule is COC1(c2noc(C3CCN(C)CC3)n2)CCCC1. The second-order valence-electron chi connectivity index (χ2n) is 5.94. The minimum Gasteiger partial charge on any atom is -0.370 e. The molecule has 0 radical (unpaired) electrons. The van der Waals surface area contributed by atoms with Gasteiger partial charge in [-0.3, -0.25) is 0 Å². The molecule has 1 aromatic rings. The van der Waals surface area contributed by atoms with Gasteiger partial charge in [-0.25, -0.2) is 0 Å². The van der Waals surface area contributed by atoms with Crippen LogP contribution in [0.15, 0.2) is 4.52 Å². The Hall–Kier alpha value is -0.940. The number of likely N-dealkylation sites (tertiary alicyclic amines) is 1. The second-order valence-corrected chi connectivity index (χ2v) is 5.94. The molecule has 3 rings (SSSR count). The summed E-state index contributed by atoms with van der Waals surface area (Å²) < 4.78 is 11.2. The highest BCUT2D eigenvalue weighted by Gasteiger charge is 2.40. The Morgan fingerprint density at radius 3 is 2.58 bits per heavy atom. The first-order valence-corrected chi connectivity index (χ1v) is 7.31. The van der Waals surface area contributed by atoms with Gasteiger partial charge in [-0.2, -0.15) is 4.98 Å². The van der Waals surface area contributed by atoms with Crippen LogP contribution in [0.4, 0.5) is 0 Å². The van der Waals surface area contributed by atoms with Gasteiger partial charge in [0.2, 0.25) is 11.7 Å². The summed E-state index contributed by atoms with van der Waals surface area (Å²) in [4.78, 5) is 7.01. The van der Waals surface area contributed by atoms with Gasteiger partial charge >= 0.3 is 0 Å². The number of nitrogens with zero attached hydrogens (tertiary/aromatic N) is 3. The Morgan fingerprint density at radius 1 is 1.26 bits per heavy atom. The third-order valence-electron chi connectivity index (χ3n) is 4.72. The van der Waals surface area contributed by atoms with Gasteiger partial charge in [0.15, 0.2) is 0 Å². The fourth-order valence-electron chi connectivity index (χ4n) is 3.31. The predicted octanol–water partition coefficient (Wildman–Crippen LogP) is 2.29. The zero-order valence-electron chi connectivity index (χ0n) is 11.9. The van der Waals surface area contributed by atoms with Crippen LogP contribution in [0.3, 0.4) is 0 Å². The Morgan fingerprint density at radius 2 is 1.95 bits per heavy atom. The normalized spacial score (nSPS) is 24.9. The van der Waals surface area contributed by atoms with Crippen LogP contribution in [0.1, 0.15) is 56.2 Å². The van der Waals surface area contributed by atoms with Crippen molar-refractivity contribution in [2.45, 2.75) is 50.0 Å². The van der Waals surface area contributed by atoms with Crippen molar-refractivity contribution in [3.05, 3.63) is 11.7 Å². The van der Waals surface area contributed by atoms with E-state index in [9.17, 15) is 0 Å². The van der Waals surface area contributed by atoms with Gasteiger partial charge in [0, 0.05) is 13.0 Å². The summed E-state index contributed by atoms with van der Waals surface area (Å²) in [7, 11) is 3.92. The highest BCUT2D eigenvalue weighted by Crippen LogP contribution is 2.40. The fraction of sp³-hybridized carbons (Fsp3) is 0.857. The van der Waals surface area contributed by atoms with E-state index >= 15 is 0 Å². The number of hydrogen-bond donors (Lipinski definition) is 0. The van der Waals surface area contributed by atoms with Crippen LogP contribution < -0.4 is 0 Å². The summed E-state index contributed by atoms with van der Waals surface area (Å²) in [5.41, 5.74) is -0.285. The highest BCUT2D eigenvalue weighted by atomic mass is 16.5. The number of rotatable bonds is 3. The minimum atomic E-state index is -0.285. The first kappa shape index (κ1) is 13.1. The number of piperidine rings is 1. The summed E-state index contributed by atoms with van der Waals surface area (Å²) in [5, 5.41) is 4.21. The Balaban J connectivity index is 1.75. The summed E-state index contributed by atoms with van der Waals surface area (Å²) in [6, 6.07) is 0. The number of methoxy groups -OCH3 is 1. The molecule has 1 saturated heterocycles. The van der Waals surface area contributed by atoms with Crippen LogP contribution in [0.5, 0.6) is 0 Å². The molecule has 5 nitrogen and oxygen atoms in total. The third-order valence-corrected chi connectivity index (χ3v) is 4.72. The van der Waals surface area contributed by atoms with Crippen molar-refractivity contribution < 1.29 is 9.26 Å². The lowest BCUT2D eigenvalue weighted by molar-refractivity contribution is -0.0178. The van der Waals surface area contributed by atoms with Crippen LogP contribution >= 0.6 is 0 Å². The lowest BCUT2D eigenvalue weighted by Crippen LogP contribution is -2.29. The summed E-state index contributed by atoms with van der Waals surface area (Å²) in [6.45, 7) is 2.22. The third kappa shape index (κ3) is 2.41. The van der Waals surface area contributed by atoms with Crippen molar-refractivity contribution in [3.8, 4) is 0 Å². The molecule has 2 fully saturated rings. The van der Waals surface area contributed by atoms with E-state index in [2.05, 4.69) is 22.1 Å². The molecule has 0 bridgehead atoms. The number of ether oxygens (including phenoxy) is 1. The van der Waals surface area contributed by atoms with Crippen molar-refractivity contribution in [2.24, 2.45) is 0 Å². The molecule has 2 aliphatic rings. The monoisotopic (exact) mass is 265 g/mol. The maximum Gasteiger partial charge on any atom is 0.229 e. The molecule has 0 spiro atoms. The topological polar surface area (TPSA) is 51.4 Å². The van der Waals surface area contributed by atoms with E-state index in [1.807, 2.05) is 0 Å². The first-order chi connectivity index (χ1) is 9.23. The predicted molar refractivity (Wildman–Crippen MR) is 70.9 cm³/mol. The fourth-order valence-corrected chi connectivity index (χ4v) is 3.31. The maximum absolute atomic E-state index is 5.71.